The summed E-state index contributed by atoms with van der Waals surface area (Å²) in [7, 11) is 0. The molecule has 0 fully saturated rings. The first kappa shape index (κ1) is 12.5. The Labute approximate surface area is 98.0 Å². The van der Waals surface area contributed by atoms with E-state index in [1.165, 1.54) is 4.90 Å². The van der Waals surface area contributed by atoms with Crippen molar-refractivity contribution in [3.63, 3.8) is 0 Å². The van der Waals surface area contributed by atoms with Crippen molar-refractivity contribution in [1.82, 2.24) is 4.90 Å². The molecule has 1 heterocycles. The van der Waals surface area contributed by atoms with Crippen LogP contribution in [0, 0.1) is 0 Å². The first-order valence-electron chi connectivity index (χ1n) is 4.81. The number of halogens is 1. The van der Waals surface area contributed by atoms with Crippen LogP contribution in [0.3, 0.4) is 0 Å². The summed E-state index contributed by atoms with van der Waals surface area (Å²) in [6, 6.07) is 0. The van der Waals surface area contributed by atoms with Crippen molar-refractivity contribution in [3.05, 3.63) is 10.6 Å². The van der Waals surface area contributed by atoms with Gasteiger partial charge >= 0.3 is 6.09 Å². The van der Waals surface area contributed by atoms with E-state index in [9.17, 15) is 9.90 Å². The van der Waals surface area contributed by atoms with Crippen LogP contribution in [0.15, 0.2) is 10.6 Å². The summed E-state index contributed by atoms with van der Waals surface area (Å²) in [5.74, 6) is 0. The van der Waals surface area contributed by atoms with Gasteiger partial charge in [0, 0.05) is 11.0 Å². The molecule has 0 aromatic rings. The van der Waals surface area contributed by atoms with Crippen molar-refractivity contribution in [1.29, 1.82) is 0 Å². The second-order valence-electron chi connectivity index (χ2n) is 4.49. The van der Waals surface area contributed by atoms with Gasteiger partial charge in [-0.1, -0.05) is 22.0 Å². The van der Waals surface area contributed by atoms with Crippen LogP contribution in [0.1, 0.15) is 20.8 Å². The molecule has 1 rings (SSSR count). The minimum Gasteiger partial charge on any atom is -0.444 e. The Morgan fingerprint density at radius 1 is 1.67 bits per heavy atom. The molecule has 1 N–H and O–H groups in total. The summed E-state index contributed by atoms with van der Waals surface area (Å²) in [6.07, 6.45) is 0.724. The topological polar surface area (TPSA) is 49.8 Å². The number of aliphatic hydroxyl groups is 1. The number of hydrogen-bond donors (Lipinski definition) is 1. The Hall–Kier alpha value is -0.550. The monoisotopic (exact) mass is 277 g/mol. The maximum Gasteiger partial charge on any atom is 0.410 e. The van der Waals surface area contributed by atoms with Gasteiger partial charge in [-0.2, -0.15) is 0 Å². The van der Waals surface area contributed by atoms with Crippen molar-refractivity contribution in [2.75, 3.05) is 13.1 Å². The highest BCUT2D eigenvalue weighted by Crippen LogP contribution is 2.19. The van der Waals surface area contributed by atoms with Gasteiger partial charge in [0.25, 0.3) is 0 Å². The molecule has 0 saturated carbocycles. The molecule has 5 heteroatoms. The lowest BCUT2D eigenvalue weighted by molar-refractivity contribution is 0.0187. The Kier molecular flexibility index (Phi) is 3.78. The molecule has 15 heavy (non-hydrogen) atoms. The largest absolute Gasteiger partial charge is 0.444 e. The molecule has 0 unspecified atom stereocenters. The van der Waals surface area contributed by atoms with Crippen LogP contribution in [0.2, 0.25) is 0 Å². The van der Waals surface area contributed by atoms with E-state index in [1.54, 1.807) is 6.08 Å². The fourth-order valence-corrected chi connectivity index (χ4v) is 1.47. The molecular formula is C10H16BrNO3. The highest BCUT2D eigenvalue weighted by Gasteiger charge is 2.26. The van der Waals surface area contributed by atoms with Gasteiger partial charge in [-0.15, -0.1) is 0 Å². The quantitative estimate of drug-likeness (QED) is 0.736. The highest BCUT2D eigenvalue weighted by molar-refractivity contribution is 9.11. The zero-order valence-electron chi connectivity index (χ0n) is 9.16. The van der Waals surface area contributed by atoms with E-state index in [-0.39, 0.29) is 6.54 Å². The summed E-state index contributed by atoms with van der Waals surface area (Å²) in [4.78, 5) is 13.1. The first-order chi connectivity index (χ1) is 6.79. The number of rotatable bonds is 0. The molecule has 1 aliphatic rings. The van der Waals surface area contributed by atoms with E-state index in [0.29, 0.717) is 6.54 Å². The molecule has 0 saturated heterocycles. The van der Waals surface area contributed by atoms with E-state index in [2.05, 4.69) is 15.9 Å². The lowest BCUT2D eigenvalue weighted by atomic mass is 10.2. The standard InChI is InChI=1S/C10H16BrNO3/c1-10(2,3)15-9(14)12-5-4-7(11)8(13)6-12/h4,8,13H,5-6H2,1-3H3/t8-/m0/s1. The molecule has 1 atom stereocenters. The van der Waals surface area contributed by atoms with Crippen LogP contribution < -0.4 is 0 Å². The third-order valence-corrected chi connectivity index (χ3v) is 2.72. The third-order valence-electron chi connectivity index (χ3n) is 1.87. The number of hydrogen-bond acceptors (Lipinski definition) is 3. The van der Waals surface area contributed by atoms with Crippen molar-refractivity contribution in [3.8, 4) is 0 Å². The average molecular weight is 278 g/mol. The molecule has 86 valence electrons. The minimum absolute atomic E-state index is 0.270. The van der Waals surface area contributed by atoms with Gasteiger partial charge in [0.1, 0.15) is 11.7 Å². The number of carbonyl (C=O) groups excluding carboxylic acids is 1. The van der Waals surface area contributed by atoms with Gasteiger partial charge in [-0.05, 0) is 20.8 Å². The highest BCUT2D eigenvalue weighted by atomic mass is 79.9. The van der Waals surface area contributed by atoms with Gasteiger partial charge in [0.2, 0.25) is 0 Å². The second-order valence-corrected chi connectivity index (χ2v) is 5.41. The van der Waals surface area contributed by atoms with Crippen molar-refractivity contribution in [2.24, 2.45) is 0 Å². The molecular weight excluding hydrogens is 262 g/mol. The van der Waals surface area contributed by atoms with Crippen molar-refractivity contribution < 1.29 is 14.6 Å². The molecule has 0 radical (unpaired) electrons. The van der Waals surface area contributed by atoms with Crippen LogP contribution in [-0.2, 0) is 4.74 Å². The van der Waals surface area contributed by atoms with Crippen LogP contribution >= 0.6 is 15.9 Å². The summed E-state index contributed by atoms with van der Waals surface area (Å²) < 4.78 is 5.92. The van der Waals surface area contributed by atoms with Crippen LogP contribution in [0.5, 0.6) is 0 Å². The van der Waals surface area contributed by atoms with Gasteiger partial charge in [-0.25, -0.2) is 4.79 Å². The number of nitrogens with zero attached hydrogens (tertiary/aromatic N) is 1. The van der Waals surface area contributed by atoms with E-state index >= 15 is 0 Å². The normalized spacial score (nSPS) is 22.3. The lowest BCUT2D eigenvalue weighted by Crippen LogP contribution is -2.43. The zero-order chi connectivity index (χ0) is 11.6. The van der Waals surface area contributed by atoms with E-state index in [0.717, 1.165) is 4.48 Å². The first-order valence-corrected chi connectivity index (χ1v) is 5.60. The Bertz CT molecular complexity index is 283. The van der Waals surface area contributed by atoms with Gasteiger partial charge in [-0.3, -0.25) is 0 Å². The summed E-state index contributed by atoms with van der Waals surface area (Å²) >= 11 is 3.22. The molecule has 4 nitrogen and oxygen atoms in total. The smallest absolute Gasteiger partial charge is 0.410 e. The number of aliphatic hydroxyl groups excluding tert-OH is 1. The zero-order valence-corrected chi connectivity index (χ0v) is 10.7. The summed E-state index contributed by atoms with van der Waals surface area (Å²) in [5.41, 5.74) is -0.500. The van der Waals surface area contributed by atoms with Crippen molar-refractivity contribution in [2.45, 2.75) is 32.5 Å². The maximum absolute atomic E-state index is 11.6. The number of amides is 1. The number of β-amino-alcohol motifs (C(OH)–C–C–N with tert-alkyl or cyclic N) is 1. The number of carbonyl (C=O) groups is 1. The van der Waals surface area contributed by atoms with Gasteiger partial charge in [0.15, 0.2) is 0 Å². The second kappa shape index (κ2) is 4.53. The van der Waals surface area contributed by atoms with Gasteiger partial charge in [0.05, 0.1) is 6.54 Å². The fourth-order valence-electron chi connectivity index (χ4n) is 1.18. The molecule has 0 aromatic heterocycles. The van der Waals surface area contributed by atoms with Gasteiger partial charge < -0.3 is 14.7 Å². The van der Waals surface area contributed by atoms with E-state index in [4.69, 9.17) is 4.74 Å². The molecule has 0 aromatic carbocycles. The minimum atomic E-state index is -0.647. The predicted octanol–water partition coefficient (Wildman–Crippen LogP) is 1.88. The Morgan fingerprint density at radius 2 is 2.27 bits per heavy atom. The average Bonchev–Trinajstić information content (AvgIpc) is 2.06. The Balaban J connectivity index is 2.57. The van der Waals surface area contributed by atoms with E-state index in [1.807, 2.05) is 20.8 Å². The molecule has 0 aliphatic carbocycles. The SMILES string of the molecule is CC(C)(C)OC(=O)N1CC=C(Br)[C@@H](O)C1. The summed E-state index contributed by atoms with van der Waals surface area (Å²) in [5, 5.41) is 9.53. The van der Waals surface area contributed by atoms with Crippen molar-refractivity contribution >= 4 is 22.0 Å². The maximum atomic E-state index is 11.6. The van der Waals surface area contributed by atoms with Crippen LogP contribution in [0.4, 0.5) is 4.79 Å². The fraction of sp³-hybridized carbons (Fsp3) is 0.700. The van der Waals surface area contributed by atoms with E-state index < -0.39 is 17.8 Å². The molecule has 1 aliphatic heterocycles. The Morgan fingerprint density at radius 3 is 2.73 bits per heavy atom. The number of ether oxygens (including phenoxy) is 1. The molecule has 1 amide bonds. The van der Waals surface area contributed by atoms with Crippen LogP contribution in [-0.4, -0.2) is 40.9 Å². The third kappa shape index (κ3) is 3.83. The van der Waals surface area contributed by atoms with Crippen LogP contribution in [0.25, 0.3) is 0 Å². The molecule has 0 spiro atoms. The summed E-state index contributed by atoms with van der Waals surface area (Å²) in [6.45, 7) is 6.18. The predicted molar refractivity (Wildman–Crippen MR) is 60.8 cm³/mol. The lowest BCUT2D eigenvalue weighted by Gasteiger charge is -2.30. The molecule has 0 bridgehead atoms.